The molecule has 1 N–H and O–H groups in total. The number of hydrogen-bond acceptors (Lipinski definition) is 6. The predicted octanol–water partition coefficient (Wildman–Crippen LogP) is 2.39. The van der Waals surface area contributed by atoms with Gasteiger partial charge in [0.2, 0.25) is 0 Å². The molecule has 3 aromatic rings. The Morgan fingerprint density at radius 1 is 1.04 bits per heavy atom. The number of nitrogens with zero attached hydrogens (tertiary/aromatic N) is 2. The minimum Gasteiger partial charge on any atom is -0.462 e. The molecule has 1 heterocycles. The van der Waals surface area contributed by atoms with Gasteiger partial charge < -0.3 is 19.4 Å². The summed E-state index contributed by atoms with van der Waals surface area (Å²) >= 11 is 0. The number of carbonyl (C=O) groups excluding carboxylic acids is 3. The molecule has 0 aliphatic carbocycles. The molecule has 1 amide bonds. The van der Waals surface area contributed by atoms with Crippen LogP contribution >= 0.6 is 0 Å². The summed E-state index contributed by atoms with van der Waals surface area (Å²) in [6, 6.07) is 13.6. The van der Waals surface area contributed by atoms with Crippen molar-refractivity contribution in [1.82, 2.24) is 9.55 Å². The van der Waals surface area contributed by atoms with Crippen LogP contribution in [0.4, 0.5) is 5.69 Å². The van der Waals surface area contributed by atoms with Gasteiger partial charge in [0.15, 0.2) is 6.61 Å². The second-order valence-electron chi connectivity index (χ2n) is 5.87. The van der Waals surface area contributed by atoms with Gasteiger partial charge in [-0.25, -0.2) is 9.78 Å². The van der Waals surface area contributed by atoms with E-state index in [2.05, 4.69) is 10.3 Å². The molecule has 0 saturated heterocycles. The third-order valence-electron chi connectivity index (χ3n) is 3.87. The Morgan fingerprint density at radius 2 is 1.79 bits per heavy atom. The molecule has 2 aromatic carbocycles. The van der Waals surface area contributed by atoms with Gasteiger partial charge in [-0.3, -0.25) is 9.59 Å². The van der Waals surface area contributed by atoms with Gasteiger partial charge in [0.05, 0.1) is 29.5 Å². The number of rotatable bonds is 7. The second-order valence-corrected chi connectivity index (χ2v) is 5.87. The molecule has 3 rings (SSSR count). The first kappa shape index (κ1) is 19.1. The highest BCUT2D eigenvalue weighted by Gasteiger charge is 2.11. The molecule has 0 unspecified atom stereocenters. The number of para-hydroxylation sites is 2. The zero-order valence-corrected chi connectivity index (χ0v) is 15.3. The summed E-state index contributed by atoms with van der Waals surface area (Å²) in [5, 5.41) is 2.60. The Balaban J connectivity index is 1.48. The summed E-state index contributed by atoms with van der Waals surface area (Å²) in [7, 11) is 0. The van der Waals surface area contributed by atoms with E-state index in [9.17, 15) is 14.4 Å². The first-order valence-corrected chi connectivity index (χ1v) is 8.69. The molecular weight excluding hydrogens is 362 g/mol. The van der Waals surface area contributed by atoms with Crippen LogP contribution in [0.5, 0.6) is 0 Å². The number of esters is 2. The lowest BCUT2D eigenvalue weighted by molar-refractivity contribution is -0.147. The van der Waals surface area contributed by atoms with Gasteiger partial charge in [-0.1, -0.05) is 12.1 Å². The van der Waals surface area contributed by atoms with E-state index in [0.29, 0.717) is 11.3 Å². The van der Waals surface area contributed by atoms with Crippen LogP contribution in [0.25, 0.3) is 11.0 Å². The fourth-order valence-electron chi connectivity index (χ4n) is 2.57. The predicted molar refractivity (Wildman–Crippen MR) is 102 cm³/mol. The van der Waals surface area contributed by atoms with Gasteiger partial charge >= 0.3 is 11.9 Å². The average molecular weight is 381 g/mol. The van der Waals surface area contributed by atoms with E-state index in [0.717, 1.165) is 11.0 Å². The van der Waals surface area contributed by atoms with Crippen molar-refractivity contribution in [3.63, 3.8) is 0 Å². The molecule has 0 bridgehead atoms. The topological polar surface area (TPSA) is 99.5 Å². The quantitative estimate of drug-likeness (QED) is 0.631. The third-order valence-corrected chi connectivity index (χ3v) is 3.87. The number of ether oxygens (including phenoxy) is 2. The van der Waals surface area contributed by atoms with Gasteiger partial charge in [0.25, 0.3) is 5.91 Å². The summed E-state index contributed by atoms with van der Waals surface area (Å²) < 4.78 is 11.6. The number of aromatic nitrogens is 2. The summed E-state index contributed by atoms with van der Waals surface area (Å²) in [6.07, 6.45) is 1.55. The molecule has 8 nitrogen and oxygen atoms in total. The Bertz CT molecular complexity index is 995. The highest BCUT2D eigenvalue weighted by atomic mass is 16.5. The lowest BCUT2D eigenvalue weighted by Gasteiger charge is -2.08. The molecule has 0 aliphatic rings. The first-order valence-electron chi connectivity index (χ1n) is 8.69. The Morgan fingerprint density at radius 3 is 2.54 bits per heavy atom. The SMILES string of the molecule is CCOC(=O)c1ccc(NC(=O)COC(=O)Cn2cnc3ccccc32)cc1. The van der Waals surface area contributed by atoms with Crippen LogP contribution in [0.1, 0.15) is 17.3 Å². The average Bonchev–Trinajstić information content (AvgIpc) is 3.10. The lowest BCUT2D eigenvalue weighted by Crippen LogP contribution is -2.22. The number of benzene rings is 2. The zero-order valence-electron chi connectivity index (χ0n) is 15.3. The van der Waals surface area contributed by atoms with Crippen LogP contribution in [0.3, 0.4) is 0 Å². The fourth-order valence-corrected chi connectivity index (χ4v) is 2.57. The van der Waals surface area contributed by atoms with Crippen molar-refractivity contribution in [3.05, 3.63) is 60.4 Å². The Labute approximate surface area is 161 Å². The monoisotopic (exact) mass is 381 g/mol. The Kier molecular flexibility index (Phi) is 6.01. The van der Waals surface area contributed by atoms with Gasteiger partial charge in [-0.15, -0.1) is 0 Å². The van der Waals surface area contributed by atoms with E-state index in [1.807, 2.05) is 24.3 Å². The molecule has 0 radical (unpaired) electrons. The van der Waals surface area contributed by atoms with Crippen molar-refractivity contribution in [1.29, 1.82) is 0 Å². The van der Waals surface area contributed by atoms with Gasteiger partial charge in [0.1, 0.15) is 6.54 Å². The van der Waals surface area contributed by atoms with Crippen LogP contribution in [-0.4, -0.2) is 40.6 Å². The van der Waals surface area contributed by atoms with Gasteiger partial charge in [0, 0.05) is 5.69 Å². The first-order chi connectivity index (χ1) is 13.6. The summed E-state index contributed by atoms with van der Waals surface area (Å²) in [4.78, 5) is 39.7. The number of fused-ring (bicyclic) bond motifs is 1. The number of imidazole rings is 1. The van der Waals surface area contributed by atoms with Crippen LogP contribution < -0.4 is 5.32 Å². The molecule has 28 heavy (non-hydrogen) atoms. The summed E-state index contributed by atoms with van der Waals surface area (Å²) in [5.74, 6) is -1.45. The molecular formula is C20H19N3O5. The molecule has 1 aromatic heterocycles. The van der Waals surface area contributed by atoms with E-state index in [-0.39, 0.29) is 13.2 Å². The molecule has 0 fully saturated rings. The van der Waals surface area contributed by atoms with Crippen molar-refractivity contribution < 1.29 is 23.9 Å². The maximum absolute atomic E-state index is 12.0. The van der Waals surface area contributed by atoms with Crippen molar-refractivity contribution in [2.24, 2.45) is 0 Å². The smallest absolute Gasteiger partial charge is 0.338 e. The minimum atomic E-state index is -0.545. The van der Waals surface area contributed by atoms with E-state index < -0.39 is 24.5 Å². The number of carbonyl (C=O) groups is 3. The highest BCUT2D eigenvalue weighted by Crippen LogP contribution is 2.12. The molecule has 144 valence electrons. The molecule has 0 saturated carbocycles. The number of amides is 1. The summed E-state index contributed by atoms with van der Waals surface area (Å²) in [6.45, 7) is 1.56. The number of nitrogens with one attached hydrogen (secondary N) is 1. The van der Waals surface area contributed by atoms with E-state index >= 15 is 0 Å². The minimum absolute atomic E-state index is 0.0397. The number of anilines is 1. The largest absolute Gasteiger partial charge is 0.462 e. The number of hydrogen-bond donors (Lipinski definition) is 1. The van der Waals surface area contributed by atoms with Gasteiger partial charge in [-0.2, -0.15) is 0 Å². The van der Waals surface area contributed by atoms with E-state index in [4.69, 9.17) is 9.47 Å². The zero-order chi connectivity index (χ0) is 19.9. The molecule has 0 atom stereocenters. The van der Waals surface area contributed by atoms with Crippen LogP contribution in [0.15, 0.2) is 54.9 Å². The van der Waals surface area contributed by atoms with Crippen molar-refractivity contribution in [2.45, 2.75) is 13.5 Å². The normalized spacial score (nSPS) is 10.5. The van der Waals surface area contributed by atoms with Crippen molar-refractivity contribution >= 4 is 34.6 Å². The molecule has 0 aliphatic heterocycles. The van der Waals surface area contributed by atoms with Gasteiger partial charge in [-0.05, 0) is 43.3 Å². The second kappa shape index (κ2) is 8.81. The molecule has 8 heteroatoms. The highest BCUT2D eigenvalue weighted by molar-refractivity contribution is 5.94. The Hall–Kier alpha value is -3.68. The summed E-state index contributed by atoms with van der Waals surface area (Å²) in [5.41, 5.74) is 2.46. The van der Waals surface area contributed by atoms with Crippen molar-refractivity contribution in [2.75, 3.05) is 18.5 Å². The van der Waals surface area contributed by atoms with E-state index in [1.54, 1.807) is 42.1 Å². The maximum atomic E-state index is 12.0. The lowest BCUT2D eigenvalue weighted by atomic mass is 10.2. The standard InChI is InChI=1S/C20H19N3O5/c1-2-27-20(26)14-7-9-15(10-8-14)22-18(24)12-28-19(25)11-23-13-21-16-5-3-4-6-17(16)23/h3-10,13H,2,11-12H2,1H3,(H,22,24). The van der Waals surface area contributed by atoms with Crippen LogP contribution in [-0.2, 0) is 25.6 Å². The fraction of sp³-hybridized carbons (Fsp3) is 0.200. The third kappa shape index (κ3) is 4.73. The van der Waals surface area contributed by atoms with E-state index in [1.165, 1.54) is 0 Å². The van der Waals surface area contributed by atoms with Crippen LogP contribution in [0.2, 0.25) is 0 Å². The van der Waals surface area contributed by atoms with Crippen molar-refractivity contribution in [3.8, 4) is 0 Å². The van der Waals surface area contributed by atoms with Crippen LogP contribution in [0, 0.1) is 0 Å². The maximum Gasteiger partial charge on any atom is 0.338 e. The molecule has 0 spiro atoms.